The molecule has 9 nitrogen and oxygen atoms in total. The number of benzene rings is 4. The van der Waals surface area contributed by atoms with Crippen molar-refractivity contribution in [2.75, 3.05) is 6.61 Å². The van der Waals surface area contributed by atoms with Gasteiger partial charge in [-0.3, -0.25) is 14.9 Å². The SMILES string of the molecule is CCOc1cc(C=Nn2c(CC)nc3ccc(Br)cc3c2=O)cc([N+](=O)[O-])c1OCc1cccc2ccccc12. The highest BCUT2D eigenvalue weighted by molar-refractivity contribution is 9.10. The zero-order valence-electron chi connectivity index (χ0n) is 21.8. The molecule has 5 rings (SSSR count). The van der Waals surface area contributed by atoms with E-state index < -0.39 is 4.92 Å². The fraction of sp³-hybridized carbons (Fsp3) is 0.167. The molecule has 0 aliphatic heterocycles. The first-order valence-electron chi connectivity index (χ1n) is 12.7. The number of aryl methyl sites for hydroxylation is 1. The average Bonchev–Trinajstić information content (AvgIpc) is 2.96. The lowest BCUT2D eigenvalue weighted by molar-refractivity contribution is -0.386. The van der Waals surface area contributed by atoms with Crippen LogP contribution in [0.15, 0.2) is 87.2 Å². The van der Waals surface area contributed by atoms with Gasteiger partial charge in [0.25, 0.3) is 5.56 Å². The van der Waals surface area contributed by atoms with Crippen molar-refractivity contribution >= 4 is 49.5 Å². The maximum absolute atomic E-state index is 13.2. The molecular formula is C30H25BrN4O5. The summed E-state index contributed by atoms with van der Waals surface area (Å²) in [6.45, 7) is 4.04. The van der Waals surface area contributed by atoms with Gasteiger partial charge in [0.2, 0.25) is 5.75 Å². The Morgan fingerprint density at radius 3 is 2.60 bits per heavy atom. The molecule has 0 aliphatic carbocycles. The summed E-state index contributed by atoms with van der Waals surface area (Å²) in [5, 5.41) is 18.9. The van der Waals surface area contributed by atoms with Gasteiger partial charge in [0, 0.05) is 22.5 Å². The van der Waals surface area contributed by atoms with E-state index in [2.05, 4.69) is 26.0 Å². The number of nitro benzene ring substituents is 1. The van der Waals surface area contributed by atoms with E-state index >= 15 is 0 Å². The van der Waals surface area contributed by atoms with E-state index in [-0.39, 0.29) is 36.0 Å². The number of ether oxygens (including phenoxy) is 2. The summed E-state index contributed by atoms with van der Waals surface area (Å²) >= 11 is 3.39. The molecule has 0 atom stereocenters. The van der Waals surface area contributed by atoms with Gasteiger partial charge in [0.15, 0.2) is 5.75 Å². The van der Waals surface area contributed by atoms with Crippen LogP contribution in [0.4, 0.5) is 5.69 Å². The summed E-state index contributed by atoms with van der Waals surface area (Å²) in [4.78, 5) is 29.4. The standard InChI is InChI=1S/C30H25BrN4O5/c1-3-28-33-25-13-12-22(31)16-24(25)30(36)34(28)32-17-19-14-26(35(37)38)29(27(15-19)39-4-2)40-18-21-10-7-9-20-8-5-6-11-23(20)21/h5-17H,3-4,18H2,1-2H3. The Balaban J connectivity index is 1.54. The molecule has 0 radical (unpaired) electrons. The van der Waals surface area contributed by atoms with Crippen LogP contribution in [0.3, 0.4) is 0 Å². The maximum Gasteiger partial charge on any atom is 0.315 e. The Labute approximate surface area is 238 Å². The van der Waals surface area contributed by atoms with Crippen molar-refractivity contribution < 1.29 is 14.4 Å². The van der Waals surface area contributed by atoms with Gasteiger partial charge in [-0.05, 0) is 47.5 Å². The van der Waals surface area contributed by atoms with Gasteiger partial charge >= 0.3 is 5.69 Å². The minimum absolute atomic E-state index is 0.0283. The van der Waals surface area contributed by atoms with Crippen molar-refractivity contribution in [2.24, 2.45) is 5.10 Å². The second-order valence-electron chi connectivity index (χ2n) is 8.89. The molecule has 1 heterocycles. The van der Waals surface area contributed by atoms with Crippen LogP contribution in [-0.4, -0.2) is 27.4 Å². The summed E-state index contributed by atoms with van der Waals surface area (Å²) in [5.41, 5.74) is 1.22. The van der Waals surface area contributed by atoms with Crippen molar-refractivity contribution in [2.45, 2.75) is 26.9 Å². The van der Waals surface area contributed by atoms with E-state index in [0.29, 0.717) is 28.7 Å². The van der Waals surface area contributed by atoms with E-state index in [0.717, 1.165) is 20.8 Å². The number of nitrogens with zero attached hydrogens (tertiary/aromatic N) is 4. The van der Waals surface area contributed by atoms with Crippen LogP contribution < -0.4 is 15.0 Å². The molecule has 0 unspecified atom stereocenters. The van der Waals surface area contributed by atoms with Gasteiger partial charge in [0.1, 0.15) is 12.4 Å². The fourth-order valence-corrected chi connectivity index (χ4v) is 4.82. The summed E-state index contributed by atoms with van der Waals surface area (Å²) < 4.78 is 13.7. The average molecular weight is 601 g/mol. The van der Waals surface area contributed by atoms with Crippen LogP contribution in [0.2, 0.25) is 0 Å². The van der Waals surface area contributed by atoms with Crippen molar-refractivity contribution in [1.29, 1.82) is 0 Å². The molecule has 10 heteroatoms. The highest BCUT2D eigenvalue weighted by Gasteiger charge is 2.23. The molecule has 0 saturated heterocycles. The fourth-order valence-electron chi connectivity index (χ4n) is 4.46. The van der Waals surface area contributed by atoms with Gasteiger partial charge in [-0.2, -0.15) is 9.78 Å². The van der Waals surface area contributed by atoms with E-state index in [1.807, 2.05) is 55.5 Å². The third kappa shape index (κ3) is 5.43. The van der Waals surface area contributed by atoms with E-state index in [1.165, 1.54) is 17.0 Å². The lowest BCUT2D eigenvalue weighted by Crippen LogP contribution is -2.22. The molecular weight excluding hydrogens is 576 g/mol. The monoisotopic (exact) mass is 600 g/mol. The predicted octanol–water partition coefficient (Wildman–Crippen LogP) is 6.64. The van der Waals surface area contributed by atoms with E-state index in [9.17, 15) is 14.9 Å². The molecule has 40 heavy (non-hydrogen) atoms. The molecule has 0 saturated carbocycles. The lowest BCUT2D eigenvalue weighted by Gasteiger charge is -2.14. The van der Waals surface area contributed by atoms with Gasteiger partial charge in [-0.25, -0.2) is 4.98 Å². The lowest BCUT2D eigenvalue weighted by atomic mass is 10.1. The molecule has 1 aromatic heterocycles. The summed E-state index contributed by atoms with van der Waals surface area (Å²) in [7, 11) is 0. The Kier molecular flexibility index (Phi) is 7.88. The smallest absolute Gasteiger partial charge is 0.315 e. The highest BCUT2D eigenvalue weighted by atomic mass is 79.9. The third-order valence-corrected chi connectivity index (χ3v) is 6.81. The van der Waals surface area contributed by atoms with Crippen molar-refractivity contribution in [3.05, 3.63) is 115 Å². The van der Waals surface area contributed by atoms with Crippen LogP contribution >= 0.6 is 15.9 Å². The summed E-state index contributed by atoms with van der Waals surface area (Å²) in [6.07, 6.45) is 1.85. The number of halogens is 1. The van der Waals surface area contributed by atoms with Gasteiger partial charge in [0.05, 0.1) is 28.6 Å². The predicted molar refractivity (Wildman–Crippen MR) is 159 cm³/mol. The van der Waals surface area contributed by atoms with Crippen molar-refractivity contribution in [3.8, 4) is 11.5 Å². The number of hydrogen-bond acceptors (Lipinski definition) is 7. The largest absolute Gasteiger partial charge is 0.490 e. The van der Waals surface area contributed by atoms with E-state index in [4.69, 9.17) is 9.47 Å². The summed E-state index contributed by atoms with van der Waals surface area (Å²) in [5.74, 6) is 0.702. The number of hydrogen-bond donors (Lipinski definition) is 0. The molecule has 0 fully saturated rings. The molecule has 0 N–H and O–H groups in total. The first-order chi connectivity index (χ1) is 19.4. The molecule has 4 aromatic carbocycles. The topological polar surface area (TPSA) is 109 Å². The zero-order valence-corrected chi connectivity index (χ0v) is 23.4. The highest BCUT2D eigenvalue weighted by Crippen LogP contribution is 2.39. The van der Waals surface area contributed by atoms with Gasteiger partial charge in [-0.1, -0.05) is 65.3 Å². The number of fused-ring (bicyclic) bond motifs is 2. The van der Waals surface area contributed by atoms with Crippen LogP contribution in [-0.2, 0) is 13.0 Å². The molecule has 0 bridgehead atoms. The minimum atomic E-state index is -0.517. The minimum Gasteiger partial charge on any atom is -0.490 e. The number of nitro groups is 1. The van der Waals surface area contributed by atoms with E-state index in [1.54, 1.807) is 25.1 Å². The first-order valence-corrected chi connectivity index (χ1v) is 13.5. The molecule has 5 aromatic rings. The Bertz CT molecular complexity index is 1830. The van der Waals surface area contributed by atoms with Crippen molar-refractivity contribution in [1.82, 2.24) is 9.66 Å². The molecule has 0 amide bonds. The second kappa shape index (κ2) is 11.7. The van der Waals surface area contributed by atoms with Crippen LogP contribution in [0.1, 0.15) is 30.8 Å². The number of aromatic nitrogens is 2. The number of rotatable bonds is 9. The van der Waals surface area contributed by atoms with Gasteiger partial charge in [-0.15, -0.1) is 0 Å². The second-order valence-corrected chi connectivity index (χ2v) is 9.80. The Morgan fingerprint density at radius 2 is 1.82 bits per heavy atom. The summed E-state index contributed by atoms with van der Waals surface area (Å²) in [6, 6.07) is 22.0. The molecule has 0 aliphatic rings. The van der Waals surface area contributed by atoms with Crippen LogP contribution in [0, 0.1) is 10.1 Å². The normalized spacial score (nSPS) is 11.4. The van der Waals surface area contributed by atoms with Crippen molar-refractivity contribution in [3.63, 3.8) is 0 Å². The molecule has 202 valence electrons. The Hall–Kier alpha value is -4.57. The molecule has 0 spiro atoms. The third-order valence-electron chi connectivity index (χ3n) is 6.32. The zero-order chi connectivity index (χ0) is 28.2. The first kappa shape index (κ1) is 27.0. The van der Waals surface area contributed by atoms with Crippen LogP contribution in [0.5, 0.6) is 11.5 Å². The maximum atomic E-state index is 13.2. The quantitative estimate of drug-likeness (QED) is 0.106. The van der Waals surface area contributed by atoms with Crippen LogP contribution in [0.25, 0.3) is 21.7 Å². The Morgan fingerprint density at radius 1 is 1.02 bits per heavy atom. The van der Waals surface area contributed by atoms with Gasteiger partial charge < -0.3 is 9.47 Å².